The molecule has 12 heteroatoms. The Bertz CT molecular complexity index is 1280. The largest absolute Gasteiger partial charge is 0.452 e. The van der Waals surface area contributed by atoms with E-state index in [-0.39, 0.29) is 27.6 Å². The highest BCUT2D eigenvalue weighted by molar-refractivity contribution is 7.92. The molecule has 34 heavy (non-hydrogen) atoms. The van der Waals surface area contributed by atoms with Crippen molar-refractivity contribution in [1.29, 1.82) is 0 Å². The van der Waals surface area contributed by atoms with Gasteiger partial charge in [0, 0.05) is 0 Å². The second-order valence-corrected chi connectivity index (χ2v) is 8.29. The summed E-state index contributed by atoms with van der Waals surface area (Å²) >= 11 is 0. The highest BCUT2D eigenvalue weighted by Crippen LogP contribution is 2.25. The first-order valence-electron chi connectivity index (χ1n) is 9.54. The molecule has 0 atom stereocenters. The number of esters is 1. The van der Waals surface area contributed by atoms with Crippen molar-refractivity contribution in [2.45, 2.75) is 11.5 Å². The Morgan fingerprint density at radius 2 is 1.50 bits per heavy atom. The van der Waals surface area contributed by atoms with Crippen molar-refractivity contribution in [1.82, 2.24) is 0 Å². The van der Waals surface area contributed by atoms with Gasteiger partial charge in [0.15, 0.2) is 6.61 Å². The van der Waals surface area contributed by atoms with Crippen LogP contribution in [0.1, 0.15) is 10.4 Å². The van der Waals surface area contributed by atoms with Gasteiger partial charge < -0.3 is 14.8 Å². The lowest BCUT2D eigenvalue weighted by Gasteiger charge is -2.13. The molecule has 3 rings (SSSR count). The number of hydrogen-bond donors (Lipinski definition) is 2. The van der Waals surface area contributed by atoms with Crippen LogP contribution in [0.15, 0.2) is 77.7 Å². The van der Waals surface area contributed by atoms with Crippen LogP contribution in [0, 0.1) is 5.82 Å². The summed E-state index contributed by atoms with van der Waals surface area (Å²) < 4.78 is 74.6. The van der Waals surface area contributed by atoms with Crippen molar-refractivity contribution >= 4 is 33.3 Å². The van der Waals surface area contributed by atoms with Crippen molar-refractivity contribution in [2.75, 3.05) is 16.6 Å². The molecule has 0 fully saturated rings. The minimum atomic E-state index is -4.15. The number of amides is 1. The number of rotatable bonds is 9. The van der Waals surface area contributed by atoms with Gasteiger partial charge in [-0.1, -0.05) is 24.3 Å². The van der Waals surface area contributed by atoms with Crippen LogP contribution in [-0.4, -0.2) is 33.5 Å². The molecule has 0 spiro atoms. The number of para-hydroxylation sites is 3. The summed E-state index contributed by atoms with van der Waals surface area (Å²) in [5.74, 6) is -2.77. The molecule has 1 amide bonds. The first-order chi connectivity index (χ1) is 16.2. The van der Waals surface area contributed by atoms with Crippen molar-refractivity contribution in [3.8, 4) is 5.75 Å². The van der Waals surface area contributed by atoms with Gasteiger partial charge in [0.05, 0.1) is 21.8 Å². The minimum absolute atomic E-state index is 0.0590. The molecule has 0 aromatic heterocycles. The van der Waals surface area contributed by atoms with Gasteiger partial charge in [-0.3, -0.25) is 9.52 Å². The van der Waals surface area contributed by atoms with E-state index in [1.54, 1.807) is 0 Å². The number of anilines is 2. The smallest absolute Gasteiger partial charge is 0.387 e. The molecule has 0 aliphatic rings. The SMILES string of the molecule is O=C(COC(=O)c1ccccc1NS(=O)(=O)c1ccc(F)cc1)Nc1ccccc1OC(F)F. The minimum Gasteiger partial charge on any atom is -0.452 e. The van der Waals surface area contributed by atoms with Crippen LogP contribution in [0.2, 0.25) is 0 Å². The Balaban J connectivity index is 1.67. The quantitative estimate of drug-likeness (QED) is 0.435. The van der Waals surface area contributed by atoms with E-state index in [2.05, 4.69) is 14.8 Å². The molecule has 3 aromatic carbocycles. The summed E-state index contributed by atoms with van der Waals surface area (Å²) in [6.07, 6.45) is 0. The van der Waals surface area contributed by atoms with Gasteiger partial charge in [-0.05, 0) is 48.5 Å². The molecule has 0 aliphatic heterocycles. The van der Waals surface area contributed by atoms with Gasteiger partial charge in [0.1, 0.15) is 11.6 Å². The first-order valence-corrected chi connectivity index (χ1v) is 11.0. The van der Waals surface area contributed by atoms with E-state index < -0.39 is 40.9 Å². The lowest BCUT2D eigenvalue weighted by Crippen LogP contribution is -2.22. The molecule has 8 nitrogen and oxygen atoms in total. The fraction of sp³-hybridized carbons (Fsp3) is 0.0909. The second kappa shape index (κ2) is 10.7. The van der Waals surface area contributed by atoms with Gasteiger partial charge in [0.2, 0.25) is 0 Å². The molecule has 0 unspecified atom stereocenters. The zero-order valence-electron chi connectivity index (χ0n) is 17.2. The summed E-state index contributed by atoms with van der Waals surface area (Å²) in [6.45, 7) is -3.90. The van der Waals surface area contributed by atoms with E-state index in [4.69, 9.17) is 4.74 Å². The summed E-state index contributed by atoms with van der Waals surface area (Å²) in [4.78, 5) is 24.4. The number of carbonyl (C=O) groups excluding carboxylic acids is 2. The maximum atomic E-state index is 13.1. The first kappa shape index (κ1) is 24.6. The van der Waals surface area contributed by atoms with Crippen LogP contribution < -0.4 is 14.8 Å². The zero-order valence-corrected chi connectivity index (χ0v) is 18.0. The summed E-state index contributed by atoms with van der Waals surface area (Å²) in [5.41, 5.74) is -0.383. The Hall–Kier alpha value is -4.06. The Morgan fingerprint density at radius 1 is 0.882 bits per heavy atom. The van der Waals surface area contributed by atoms with E-state index in [1.807, 2.05) is 0 Å². The van der Waals surface area contributed by atoms with Crippen LogP contribution in [0.5, 0.6) is 5.75 Å². The van der Waals surface area contributed by atoms with E-state index in [0.29, 0.717) is 0 Å². The van der Waals surface area contributed by atoms with Crippen molar-refractivity contribution < 1.29 is 40.7 Å². The van der Waals surface area contributed by atoms with Crippen LogP contribution in [-0.2, 0) is 19.6 Å². The zero-order chi connectivity index (χ0) is 24.7. The number of halogens is 3. The average Bonchev–Trinajstić information content (AvgIpc) is 2.79. The predicted molar refractivity (Wildman–Crippen MR) is 116 cm³/mol. The Kier molecular flexibility index (Phi) is 7.74. The van der Waals surface area contributed by atoms with Gasteiger partial charge in [-0.25, -0.2) is 17.6 Å². The number of ether oxygens (including phenoxy) is 2. The fourth-order valence-corrected chi connectivity index (χ4v) is 3.81. The average molecular weight is 494 g/mol. The fourth-order valence-electron chi connectivity index (χ4n) is 2.73. The van der Waals surface area contributed by atoms with Crippen LogP contribution in [0.25, 0.3) is 0 Å². The van der Waals surface area contributed by atoms with E-state index in [0.717, 1.165) is 24.3 Å². The van der Waals surface area contributed by atoms with Crippen LogP contribution in [0.3, 0.4) is 0 Å². The van der Waals surface area contributed by atoms with Gasteiger partial charge in [-0.2, -0.15) is 8.78 Å². The van der Waals surface area contributed by atoms with Crippen molar-refractivity contribution in [3.05, 3.63) is 84.2 Å². The molecule has 0 saturated heterocycles. The van der Waals surface area contributed by atoms with Gasteiger partial charge >= 0.3 is 12.6 Å². The summed E-state index contributed by atoms with van der Waals surface area (Å²) in [7, 11) is -4.15. The third kappa shape index (κ3) is 6.48. The third-order valence-corrected chi connectivity index (χ3v) is 5.61. The van der Waals surface area contributed by atoms with Crippen molar-refractivity contribution in [3.63, 3.8) is 0 Å². The van der Waals surface area contributed by atoms with Crippen LogP contribution >= 0.6 is 0 Å². The molecular weight excluding hydrogens is 477 g/mol. The standard InChI is InChI=1S/C22H17F3N2O6S/c23-14-9-11-15(12-10-14)34(30,31)27-17-6-2-1-5-16(17)21(29)32-13-20(28)26-18-7-3-4-8-19(18)33-22(24)25/h1-12,22,27H,13H2,(H,26,28). The van der Waals surface area contributed by atoms with E-state index in [9.17, 15) is 31.2 Å². The highest BCUT2D eigenvalue weighted by Gasteiger charge is 2.20. The van der Waals surface area contributed by atoms with E-state index in [1.165, 1.54) is 48.5 Å². The molecule has 0 saturated carbocycles. The number of nitrogens with one attached hydrogen (secondary N) is 2. The lowest BCUT2D eigenvalue weighted by molar-refractivity contribution is -0.119. The maximum absolute atomic E-state index is 13.1. The van der Waals surface area contributed by atoms with Gasteiger partial charge in [0.25, 0.3) is 15.9 Å². The number of hydrogen-bond acceptors (Lipinski definition) is 6. The number of sulfonamides is 1. The second-order valence-electron chi connectivity index (χ2n) is 6.60. The molecule has 0 heterocycles. The lowest BCUT2D eigenvalue weighted by atomic mass is 10.2. The highest BCUT2D eigenvalue weighted by atomic mass is 32.2. The van der Waals surface area contributed by atoms with Crippen molar-refractivity contribution in [2.24, 2.45) is 0 Å². The normalized spacial score (nSPS) is 11.1. The topological polar surface area (TPSA) is 111 Å². The van der Waals surface area contributed by atoms with Crippen LogP contribution in [0.4, 0.5) is 24.5 Å². The molecule has 0 bridgehead atoms. The molecule has 178 valence electrons. The Morgan fingerprint density at radius 3 is 2.18 bits per heavy atom. The molecule has 3 aromatic rings. The third-order valence-electron chi connectivity index (χ3n) is 4.23. The Labute approximate surface area is 192 Å². The number of benzene rings is 3. The number of carbonyl (C=O) groups is 2. The summed E-state index contributed by atoms with van der Waals surface area (Å²) in [5, 5.41) is 2.28. The molecule has 0 radical (unpaired) electrons. The summed E-state index contributed by atoms with van der Waals surface area (Å²) in [6, 6.07) is 15.0. The number of alkyl halides is 2. The molecule has 0 aliphatic carbocycles. The predicted octanol–water partition coefficient (Wildman–Crippen LogP) is 4.02. The molecular formula is C22H17F3N2O6S. The van der Waals surface area contributed by atoms with Gasteiger partial charge in [-0.15, -0.1) is 0 Å². The monoisotopic (exact) mass is 494 g/mol. The van der Waals surface area contributed by atoms with E-state index >= 15 is 0 Å². The molecule has 2 N–H and O–H groups in total. The maximum Gasteiger partial charge on any atom is 0.387 e.